The Morgan fingerprint density at radius 3 is 2.73 bits per heavy atom. The van der Waals surface area contributed by atoms with E-state index in [-0.39, 0.29) is 0 Å². The van der Waals surface area contributed by atoms with E-state index in [0.29, 0.717) is 6.54 Å². The molecule has 0 atom stereocenters. The Labute approximate surface area is 92.0 Å². The summed E-state index contributed by atoms with van der Waals surface area (Å²) < 4.78 is 0. The maximum Gasteiger partial charge on any atom is 0.215 e. The highest BCUT2D eigenvalue weighted by atomic mass is 32.1. The molecule has 0 unspecified atom stereocenters. The van der Waals surface area contributed by atoms with Gasteiger partial charge in [0, 0.05) is 12.4 Å². The van der Waals surface area contributed by atoms with Crippen molar-refractivity contribution in [3.8, 4) is 0 Å². The minimum atomic E-state index is 0.590. The molecule has 0 aromatic carbocycles. The summed E-state index contributed by atoms with van der Waals surface area (Å²) in [6, 6.07) is 7.68. The number of aromatic nitrogens is 1. The molecule has 15 heavy (non-hydrogen) atoms. The fraction of sp³-hybridized carbons (Fsp3) is 0.0909. The van der Waals surface area contributed by atoms with Gasteiger partial charge in [-0.3, -0.25) is 9.78 Å². The molecule has 76 valence electrons. The van der Waals surface area contributed by atoms with E-state index in [1.165, 1.54) is 0 Å². The second-order valence-corrected chi connectivity index (χ2v) is 3.97. The molecule has 2 rings (SSSR count). The Kier molecular flexibility index (Phi) is 3.09. The van der Waals surface area contributed by atoms with Gasteiger partial charge in [-0.15, -0.1) is 11.3 Å². The average molecular weight is 218 g/mol. The predicted molar refractivity (Wildman–Crippen MR) is 60.8 cm³/mol. The molecule has 2 aromatic rings. The fourth-order valence-electron chi connectivity index (χ4n) is 1.29. The SMILES string of the molecule is O=CN(Cc1ccncc1)c1cccs1. The third kappa shape index (κ3) is 2.41. The highest BCUT2D eigenvalue weighted by Gasteiger charge is 2.06. The maximum absolute atomic E-state index is 10.9. The van der Waals surface area contributed by atoms with Crippen molar-refractivity contribution in [2.45, 2.75) is 6.54 Å². The van der Waals surface area contributed by atoms with Gasteiger partial charge < -0.3 is 4.90 Å². The van der Waals surface area contributed by atoms with E-state index in [1.54, 1.807) is 28.6 Å². The number of carbonyl (C=O) groups is 1. The van der Waals surface area contributed by atoms with Gasteiger partial charge in [-0.1, -0.05) is 0 Å². The van der Waals surface area contributed by atoms with E-state index in [0.717, 1.165) is 17.0 Å². The summed E-state index contributed by atoms with van der Waals surface area (Å²) in [6.45, 7) is 0.590. The number of nitrogens with zero attached hydrogens (tertiary/aromatic N) is 2. The Bertz CT molecular complexity index is 413. The van der Waals surface area contributed by atoms with Gasteiger partial charge in [-0.05, 0) is 35.2 Å². The fourth-order valence-corrected chi connectivity index (χ4v) is 1.98. The standard InChI is InChI=1S/C11H10N2OS/c14-9-13(11-2-1-7-15-11)8-10-3-5-12-6-4-10/h1-7,9H,8H2. The Hall–Kier alpha value is -1.68. The molecule has 0 spiro atoms. The largest absolute Gasteiger partial charge is 0.302 e. The molecule has 0 aliphatic carbocycles. The van der Waals surface area contributed by atoms with E-state index >= 15 is 0 Å². The van der Waals surface area contributed by atoms with Gasteiger partial charge >= 0.3 is 0 Å². The van der Waals surface area contributed by atoms with Crippen LogP contribution in [-0.2, 0) is 11.3 Å². The van der Waals surface area contributed by atoms with Crippen molar-refractivity contribution in [2.24, 2.45) is 0 Å². The molecule has 4 heteroatoms. The van der Waals surface area contributed by atoms with Crippen molar-refractivity contribution in [1.29, 1.82) is 0 Å². The van der Waals surface area contributed by atoms with Gasteiger partial charge in [0.25, 0.3) is 0 Å². The molecular weight excluding hydrogens is 208 g/mol. The van der Waals surface area contributed by atoms with Gasteiger partial charge in [0.2, 0.25) is 6.41 Å². The summed E-state index contributed by atoms with van der Waals surface area (Å²) in [4.78, 5) is 16.5. The summed E-state index contributed by atoms with van der Waals surface area (Å²) in [6.07, 6.45) is 4.31. The average Bonchev–Trinajstić information content (AvgIpc) is 2.81. The summed E-state index contributed by atoms with van der Waals surface area (Å²) in [5.41, 5.74) is 1.07. The lowest BCUT2D eigenvalue weighted by atomic mass is 10.2. The summed E-state index contributed by atoms with van der Waals surface area (Å²) in [5.74, 6) is 0. The number of carbonyl (C=O) groups excluding carboxylic acids is 1. The van der Waals surface area contributed by atoms with Crippen LogP contribution in [0.3, 0.4) is 0 Å². The lowest BCUT2D eigenvalue weighted by molar-refractivity contribution is -0.107. The van der Waals surface area contributed by atoms with Crippen LogP contribution in [-0.4, -0.2) is 11.4 Å². The molecule has 2 heterocycles. The Balaban J connectivity index is 2.13. The van der Waals surface area contributed by atoms with E-state index in [4.69, 9.17) is 0 Å². The van der Waals surface area contributed by atoms with Crippen LogP contribution in [0.15, 0.2) is 42.0 Å². The lowest BCUT2D eigenvalue weighted by Crippen LogP contribution is -2.18. The second kappa shape index (κ2) is 4.70. The van der Waals surface area contributed by atoms with Gasteiger partial charge in [0.05, 0.1) is 11.5 Å². The van der Waals surface area contributed by atoms with Crippen LogP contribution < -0.4 is 4.90 Å². The highest BCUT2D eigenvalue weighted by Crippen LogP contribution is 2.21. The van der Waals surface area contributed by atoms with E-state index in [1.807, 2.05) is 29.6 Å². The zero-order valence-corrected chi connectivity index (χ0v) is 8.85. The minimum Gasteiger partial charge on any atom is -0.302 e. The summed E-state index contributed by atoms with van der Waals surface area (Å²) in [5, 5.41) is 2.92. The minimum absolute atomic E-state index is 0.590. The third-order valence-corrected chi connectivity index (χ3v) is 2.92. The molecular formula is C11H10N2OS. The zero-order valence-electron chi connectivity index (χ0n) is 8.04. The van der Waals surface area contributed by atoms with E-state index in [9.17, 15) is 4.79 Å². The summed E-state index contributed by atoms with van der Waals surface area (Å²) in [7, 11) is 0. The van der Waals surface area contributed by atoms with Gasteiger partial charge in [-0.25, -0.2) is 0 Å². The molecule has 2 aromatic heterocycles. The van der Waals surface area contributed by atoms with Crippen LogP contribution in [0.2, 0.25) is 0 Å². The van der Waals surface area contributed by atoms with Crippen molar-refractivity contribution in [1.82, 2.24) is 4.98 Å². The number of pyridine rings is 1. The molecule has 1 amide bonds. The maximum atomic E-state index is 10.9. The topological polar surface area (TPSA) is 33.2 Å². The zero-order chi connectivity index (χ0) is 10.5. The van der Waals surface area contributed by atoms with Gasteiger partial charge in [0.1, 0.15) is 0 Å². The third-order valence-electron chi connectivity index (χ3n) is 2.02. The number of hydrogen-bond acceptors (Lipinski definition) is 3. The molecule has 0 saturated heterocycles. The highest BCUT2D eigenvalue weighted by molar-refractivity contribution is 7.14. The van der Waals surface area contributed by atoms with Crippen molar-refractivity contribution >= 4 is 22.7 Å². The first-order valence-corrected chi connectivity index (χ1v) is 5.42. The van der Waals surface area contributed by atoms with Gasteiger partial charge in [0.15, 0.2) is 0 Å². The number of amides is 1. The van der Waals surface area contributed by atoms with Crippen molar-refractivity contribution in [3.63, 3.8) is 0 Å². The first-order valence-electron chi connectivity index (χ1n) is 4.54. The Morgan fingerprint density at radius 2 is 2.13 bits per heavy atom. The summed E-state index contributed by atoms with van der Waals surface area (Å²) >= 11 is 1.55. The normalized spacial score (nSPS) is 9.87. The van der Waals surface area contributed by atoms with Crippen LogP contribution in [0.5, 0.6) is 0 Å². The van der Waals surface area contributed by atoms with Crippen molar-refractivity contribution in [3.05, 3.63) is 47.6 Å². The molecule has 3 nitrogen and oxygen atoms in total. The van der Waals surface area contributed by atoms with Crippen LogP contribution in [0.4, 0.5) is 5.00 Å². The van der Waals surface area contributed by atoms with Crippen molar-refractivity contribution < 1.29 is 4.79 Å². The quantitative estimate of drug-likeness (QED) is 0.738. The molecule has 0 fully saturated rings. The van der Waals surface area contributed by atoms with Crippen LogP contribution >= 0.6 is 11.3 Å². The lowest BCUT2D eigenvalue weighted by Gasteiger charge is -2.14. The second-order valence-electron chi connectivity index (χ2n) is 3.04. The Morgan fingerprint density at radius 1 is 1.33 bits per heavy atom. The molecule has 0 radical (unpaired) electrons. The molecule has 0 bridgehead atoms. The number of hydrogen-bond donors (Lipinski definition) is 0. The number of rotatable bonds is 4. The van der Waals surface area contributed by atoms with E-state index < -0.39 is 0 Å². The molecule has 0 N–H and O–H groups in total. The number of anilines is 1. The number of thiophene rings is 1. The van der Waals surface area contributed by atoms with Gasteiger partial charge in [-0.2, -0.15) is 0 Å². The van der Waals surface area contributed by atoms with Crippen LogP contribution in [0.1, 0.15) is 5.56 Å². The van der Waals surface area contributed by atoms with Crippen LogP contribution in [0, 0.1) is 0 Å². The first-order chi connectivity index (χ1) is 7.40. The van der Waals surface area contributed by atoms with E-state index in [2.05, 4.69) is 4.98 Å². The molecule has 0 aliphatic heterocycles. The molecule has 0 aliphatic rings. The smallest absolute Gasteiger partial charge is 0.215 e. The van der Waals surface area contributed by atoms with Crippen LogP contribution in [0.25, 0.3) is 0 Å². The first kappa shape index (κ1) is 9.86. The monoisotopic (exact) mass is 218 g/mol. The predicted octanol–water partition coefficient (Wildman–Crippen LogP) is 2.31. The molecule has 0 saturated carbocycles. The van der Waals surface area contributed by atoms with Crippen molar-refractivity contribution in [2.75, 3.05) is 4.90 Å².